The summed E-state index contributed by atoms with van der Waals surface area (Å²) >= 11 is 0. The molecule has 158 valence electrons. The molecule has 1 aromatic carbocycles. The Kier molecular flexibility index (Phi) is 5.62. The molecule has 0 saturated heterocycles. The predicted octanol–water partition coefficient (Wildman–Crippen LogP) is 4.45. The topological polar surface area (TPSA) is 90.1 Å². The van der Waals surface area contributed by atoms with E-state index >= 15 is 0 Å². The van der Waals surface area contributed by atoms with Crippen molar-refractivity contribution in [3.8, 4) is 17.1 Å². The van der Waals surface area contributed by atoms with Gasteiger partial charge in [0, 0.05) is 24.4 Å². The number of ether oxygens (including phenoxy) is 1. The van der Waals surface area contributed by atoms with Crippen molar-refractivity contribution >= 4 is 17.0 Å². The Labute approximate surface area is 178 Å². The Bertz CT molecular complexity index is 1220. The highest BCUT2D eigenvalue weighted by Crippen LogP contribution is 2.27. The van der Waals surface area contributed by atoms with Gasteiger partial charge < -0.3 is 14.6 Å². The first-order valence-corrected chi connectivity index (χ1v) is 9.83. The highest BCUT2D eigenvalue weighted by molar-refractivity contribution is 6.06. The highest BCUT2D eigenvalue weighted by atomic mass is 19.1. The van der Waals surface area contributed by atoms with Crippen LogP contribution in [0.4, 0.5) is 4.39 Å². The second-order valence-corrected chi connectivity index (χ2v) is 7.36. The van der Waals surface area contributed by atoms with Crippen LogP contribution in [-0.4, -0.2) is 27.1 Å². The number of nitrogens with one attached hydrogen (secondary N) is 1. The number of hydrogen-bond acceptors (Lipinski definition) is 6. The number of amides is 1. The molecular formula is C23H21FN4O3. The van der Waals surface area contributed by atoms with Gasteiger partial charge >= 0.3 is 0 Å². The third-order valence-electron chi connectivity index (χ3n) is 4.61. The van der Waals surface area contributed by atoms with E-state index < -0.39 is 0 Å². The number of hydrogen-bond donors (Lipinski definition) is 1. The van der Waals surface area contributed by atoms with Gasteiger partial charge in [0.1, 0.15) is 5.82 Å². The molecule has 0 aliphatic carbocycles. The van der Waals surface area contributed by atoms with E-state index in [1.54, 1.807) is 37.4 Å². The van der Waals surface area contributed by atoms with Crippen molar-refractivity contribution in [3.63, 3.8) is 0 Å². The third-order valence-corrected chi connectivity index (χ3v) is 4.61. The fraction of sp³-hybridized carbons (Fsp3) is 0.217. The fourth-order valence-electron chi connectivity index (χ4n) is 3.15. The molecule has 31 heavy (non-hydrogen) atoms. The van der Waals surface area contributed by atoms with Gasteiger partial charge in [0.15, 0.2) is 0 Å². The second-order valence-electron chi connectivity index (χ2n) is 7.36. The molecule has 0 aliphatic heterocycles. The first kappa shape index (κ1) is 20.5. The number of aryl methyl sites for hydroxylation is 1. The van der Waals surface area contributed by atoms with Gasteiger partial charge in [-0.3, -0.25) is 4.79 Å². The second kappa shape index (κ2) is 8.51. The lowest BCUT2D eigenvalue weighted by atomic mass is 10.0. The molecule has 4 rings (SSSR count). The van der Waals surface area contributed by atoms with Gasteiger partial charge in [0.25, 0.3) is 11.6 Å². The van der Waals surface area contributed by atoms with Gasteiger partial charge in [-0.25, -0.2) is 14.4 Å². The average molecular weight is 420 g/mol. The van der Waals surface area contributed by atoms with Crippen molar-refractivity contribution in [2.75, 3.05) is 0 Å². The Morgan fingerprint density at radius 2 is 1.97 bits per heavy atom. The van der Waals surface area contributed by atoms with E-state index in [0.29, 0.717) is 33.8 Å². The average Bonchev–Trinajstić information content (AvgIpc) is 3.13. The van der Waals surface area contributed by atoms with Crippen LogP contribution in [-0.2, 0) is 6.54 Å². The number of pyridine rings is 2. The summed E-state index contributed by atoms with van der Waals surface area (Å²) in [6.45, 7) is 5.89. The standard InChI is InChI=1S/C23H21FN4O3/c1-13(2)30-20-9-4-15(11-25-20)12-26-22(29)18-10-19(16-5-7-17(24)8-6-16)27-23-21(18)14(3)28-31-23/h4-11,13H,12H2,1-3H3,(H,26,29). The lowest BCUT2D eigenvalue weighted by Crippen LogP contribution is -2.23. The Balaban J connectivity index is 1.59. The van der Waals surface area contributed by atoms with Crippen molar-refractivity contribution in [1.29, 1.82) is 0 Å². The third kappa shape index (κ3) is 4.53. The zero-order valence-electron chi connectivity index (χ0n) is 17.3. The normalized spacial score (nSPS) is 11.1. The number of aromatic nitrogens is 3. The molecule has 3 heterocycles. The molecule has 1 amide bonds. The van der Waals surface area contributed by atoms with Gasteiger partial charge in [-0.05, 0) is 56.7 Å². The van der Waals surface area contributed by atoms with Crippen LogP contribution in [0.1, 0.15) is 35.5 Å². The predicted molar refractivity (Wildman–Crippen MR) is 113 cm³/mol. The highest BCUT2D eigenvalue weighted by Gasteiger charge is 2.19. The summed E-state index contributed by atoms with van der Waals surface area (Å²) < 4.78 is 24.1. The Morgan fingerprint density at radius 1 is 1.19 bits per heavy atom. The van der Waals surface area contributed by atoms with E-state index in [1.165, 1.54) is 12.1 Å². The van der Waals surface area contributed by atoms with E-state index in [1.807, 2.05) is 19.9 Å². The van der Waals surface area contributed by atoms with Crippen molar-refractivity contribution in [2.45, 2.75) is 33.4 Å². The monoisotopic (exact) mass is 420 g/mol. The minimum atomic E-state index is -0.350. The van der Waals surface area contributed by atoms with Crippen LogP contribution in [0.15, 0.2) is 53.2 Å². The number of carbonyl (C=O) groups excluding carboxylic acids is 1. The summed E-state index contributed by atoms with van der Waals surface area (Å²) in [5, 5.41) is 7.38. The van der Waals surface area contributed by atoms with Crippen molar-refractivity contribution < 1.29 is 18.4 Å². The van der Waals surface area contributed by atoms with Crippen LogP contribution in [0.5, 0.6) is 5.88 Å². The molecule has 1 N–H and O–H groups in total. The SMILES string of the molecule is Cc1noc2nc(-c3ccc(F)cc3)cc(C(=O)NCc3ccc(OC(C)C)nc3)c12. The number of rotatable bonds is 6. The largest absolute Gasteiger partial charge is 0.475 e. The number of fused-ring (bicyclic) bond motifs is 1. The molecule has 0 unspecified atom stereocenters. The van der Waals surface area contributed by atoms with Crippen LogP contribution in [0.2, 0.25) is 0 Å². The minimum absolute atomic E-state index is 0.0364. The molecule has 0 fully saturated rings. The van der Waals surface area contributed by atoms with Gasteiger partial charge in [0.05, 0.1) is 28.4 Å². The first-order valence-electron chi connectivity index (χ1n) is 9.83. The zero-order valence-corrected chi connectivity index (χ0v) is 17.3. The van der Waals surface area contributed by atoms with E-state index in [2.05, 4.69) is 20.4 Å². The molecule has 4 aromatic rings. The molecule has 0 radical (unpaired) electrons. The van der Waals surface area contributed by atoms with Crippen molar-refractivity contribution in [2.24, 2.45) is 0 Å². The van der Waals surface area contributed by atoms with Crippen LogP contribution >= 0.6 is 0 Å². The van der Waals surface area contributed by atoms with E-state index in [-0.39, 0.29) is 30.1 Å². The molecule has 3 aromatic heterocycles. The summed E-state index contributed by atoms with van der Waals surface area (Å²) in [7, 11) is 0. The molecular weight excluding hydrogens is 399 g/mol. The smallest absolute Gasteiger partial charge is 0.259 e. The summed E-state index contributed by atoms with van der Waals surface area (Å²) in [5.74, 6) is -0.119. The van der Waals surface area contributed by atoms with Crippen molar-refractivity contribution in [3.05, 3.63) is 71.3 Å². The quantitative estimate of drug-likeness (QED) is 0.496. The van der Waals surface area contributed by atoms with E-state index in [4.69, 9.17) is 9.26 Å². The summed E-state index contributed by atoms with van der Waals surface area (Å²) in [6.07, 6.45) is 1.70. The lowest BCUT2D eigenvalue weighted by molar-refractivity contribution is 0.0952. The van der Waals surface area contributed by atoms with Gasteiger partial charge in [0.2, 0.25) is 5.88 Å². The summed E-state index contributed by atoms with van der Waals surface area (Å²) in [5.41, 5.74) is 3.19. The van der Waals surface area contributed by atoms with Crippen LogP contribution in [0, 0.1) is 12.7 Å². The van der Waals surface area contributed by atoms with Crippen molar-refractivity contribution in [1.82, 2.24) is 20.4 Å². The van der Waals surface area contributed by atoms with Crippen LogP contribution < -0.4 is 10.1 Å². The fourth-order valence-corrected chi connectivity index (χ4v) is 3.15. The molecule has 0 saturated carbocycles. The van der Waals surface area contributed by atoms with Gasteiger partial charge in [-0.15, -0.1) is 0 Å². The van der Waals surface area contributed by atoms with E-state index in [9.17, 15) is 9.18 Å². The first-order chi connectivity index (χ1) is 14.9. The number of halogens is 1. The maximum absolute atomic E-state index is 13.3. The lowest BCUT2D eigenvalue weighted by Gasteiger charge is -2.10. The van der Waals surface area contributed by atoms with Gasteiger partial charge in [-0.2, -0.15) is 0 Å². The molecule has 0 atom stereocenters. The minimum Gasteiger partial charge on any atom is -0.475 e. The molecule has 8 heteroatoms. The Morgan fingerprint density at radius 3 is 2.65 bits per heavy atom. The van der Waals surface area contributed by atoms with E-state index in [0.717, 1.165) is 5.56 Å². The molecule has 0 spiro atoms. The maximum atomic E-state index is 13.3. The summed E-state index contributed by atoms with van der Waals surface area (Å²) in [6, 6.07) is 11.2. The molecule has 7 nitrogen and oxygen atoms in total. The number of nitrogens with zero attached hydrogens (tertiary/aromatic N) is 3. The van der Waals surface area contributed by atoms with Crippen LogP contribution in [0.25, 0.3) is 22.4 Å². The number of carbonyl (C=O) groups is 1. The van der Waals surface area contributed by atoms with Gasteiger partial charge in [-0.1, -0.05) is 11.2 Å². The zero-order chi connectivity index (χ0) is 22.0. The Hall–Kier alpha value is -3.81. The number of benzene rings is 1. The maximum Gasteiger partial charge on any atom is 0.259 e. The molecule has 0 aliphatic rings. The molecule has 0 bridgehead atoms. The summed E-state index contributed by atoms with van der Waals surface area (Å²) in [4.78, 5) is 21.7. The van der Waals surface area contributed by atoms with Crippen LogP contribution in [0.3, 0.4) is 0 Å².